The molecular weight excluding hydrogens is 444 g/mol. The van der Waals surface area contributed by atoms with Crippen LogP contribution in [0.1, 0.15) is 28.9 Å². The molecule has 1 aliphatic heterocycles. The normalized spacial score (nSPS) is 14.3. The number of likely N-dealkylation sites (tertiary alicyclic amines) is 1. The van der Waals surface area contributed by atoms with Crippen LogP contribution >= 0.6 is 23.1 Å². The molecule has 1 aromatic heterocycles. The smallest absolute Gasteiger partial charge is 0.340 e. The van der Waals surface area contributed by atoms with Crippen molar-refractivity contribution < 1.29 is 24.0 Å². The number of hydrogen-bond donors (Lipinski definition) is 1. The van der Waals surface area contributed by atoms with Crippen molar-refractivity contribution >= 4 is 46.6 Å². The molecule has 0 unspecified atom stereocenters. The van der Waals surface area contributed by atoms with Gasteiger partial charge in [-0.1, -0.05) is 11.8 Å². The number of non-ortho nitro benzene ring substituents is 1. The van der Waals surface area contributed by atoms with Gasteiger partial charge in [-0.2, -0.15) is 0 Å². The standard InChI is InChI=1S/C19H20N4O6S2/c1-11-10-30-19(21-11)31-15-3-2-13(23(27)28)8-14(15)18(26)29-9-16(24)22-6-4-12(5-7-22)17(20)25/h2-3,8,10,12H,4-7,9H2,1H3,(H2,20,25). The number of carbonyl (C=O) groups excluding carboxylic acids is 3. The first-order valence-electron chi connectivity index (χ1n) is 9.37. The maximum absolute atomic E-state index is 12.7. The van der Waals surface area contributed by atoms with Crippen LogP contribution in [0.25, 0.3) is 0 Å². The predicted octanol–water partition coefficient (Wildman–Crippen LogP) is 2.39. The van der Waals surface area contributed by atoms with Crippen LogP contribution < -0.4 is 5.73 Å². The first-order valence-corrected chi connectivity index (χ1v) is 11.1. The average molecular weight is 465 g/mol. The Morgan fingerprint density at radius 2 is 2.06 bits per heavy atom. The highest BCUT2D eigenvalue weighted by molar-refractivity contribution is 8.01. The summed E-state index contributed by atoms with van der Waals surface area (Å²) in [7, 11) is 0. The minimum absolute atomic E-state index is 0.00714. The summed E-state index contributed by atoms with van der Waals surface area (Å²) in [5, 5.41) is 13.0. The molecule has 2 amide bonds. The fourth-order valence-electron chi connectivity index (χ4n) is 3.06. The molecule has 2 N–H and O–H groups in total. The van der Waals surface area contributed by atoms with E-state index in [-0.39, 0.29) is 23.1 Å². The van der Waals surface area contributed by atoms with Crippen molar-refractivity contribution in [3.05, 3.63) is 45.0 Å². The Morgan fingerprint density at radius 1 is 1.35 bits per heavy atom. The Labute approximate surface area is 185 Å². The Morgan fingerprint density at radius 3 is 2.65 bits per heavy atom. The van der Waals surface area contributed by atoms with Crippen LogP contribution in [-0.2, 0) is 14.3 Å². The number of piperidine rings is 1. The van der Waals surface area contributed by atoms with Crippen LogP contribution in [0.15, 0.2) is 32.8 Å². The summed E-state index contributed by atoms with van der Waals surface area (Å²) < 4.78 is 5.84. The summed E-state index contributed by atoms with van der Waals surface area (Å²) >= 11 is 2.58. The number of benzene rings is 1. The first kappa shape index (κ1) is 22.7. The number of nitro benzene ring substituents is 1. The van der Waals surface area contributed by atoms with Crippen molar-refractivity contribution in [2.24, 2.45) is 11.7 Å². The Bertz CT molecular complexity index is 1020. The van der Waals surface area contributed by atoms with Gasteiger partial charge in [-0.15, -0.1) is 11.3 Å². The number of nitro groups is 1. The van der Waals surface area contributed by atoms with Gasteiger partial charge in [0.15, 0.2) is 10.9 Å². The lowest BCUT2D eigenvalue weighted by Crippen LogP contribution is -2.43. The molecule has 0 aliphatic carbocycles. The number of primary amides is 1. The molecule has 1 saturated heterocycles. The molecule has 10 nitrogen and oxygen atoms in total. The summed E-state index contributed by atoms with van der Waals surface area (Å²) in [4.78, 5) is 53.1. The number of rotatable bonds is 7. The summed E-state index contributed by atoms with van der Waals surface area (Å²) in [5.41, 5.74) is 5.85. The monoisotopic (exact) mass is 464 g/mol. The number of hydrogen-bond acceptors (Lipinski definition) is 9. The van der Waals surface area contributed by atoms with Gasteiger partial charge >= 0.3 is 5.97 Å². The van der Waals surface area contributed by atoms with Crippen molar-refractivity contribution in [2.45, 2.75) is 29.0 Å². The predicted molar refractivity (Wildman–Crippen MR) is 113 cm³/mol. The minimum Gasteiger partial charge on any atom is -0.452 e. The molecule has 12 heteroatoms. The second-order valence-electron chi connectivity index (χ2n) is 6.93. The van der Waals surface area contributed by atoms with E-state index in [4.69, 9.17) is 10.5 Å². The number of amides is 2. The van der Waals surface area contributed by atoms with E-state index < -0.39 is 23.4 Å². The zero-order valence-corrected chi connectivity index (χ0v) is 18.2. The molecule has 164 valence electrons. The average Bonchev–Trinajstić information content (AvgIpc) is 3.16. The van der Waals surface area contributed by atoms with Crippen molar-refractivity contribution in [3.63, 3.8) is 0 Å². The van der Waals surface area contributed by atoms with Gasteiger partial charge in [-0.3, -0.25) is 19.7 Å². The second kappa shape index (κ2) is 9.88. The van der Waals surface area contributed by atoms with Gasteiger partial charge in [0.05, 0.1) is 10.5 Å². The summed E-state index contributed by atoms with van der Waals surface area (Å²) in [6.45, 7) is 2.04. The van der Waals surface area contributed by atoms with E-state index in [0.717, 1.165) is 11.8 Å². The highest BCUT2D eigenvalue weighted by Crippen LogP contribution is 2.34. The van der Waals surface area contributed by atoms with Gasteiger partial charge in [-0.25, -0.2) is 9.78 Å². The number of aromatic nitrogens is 1. The van der Waals surface area contributed by atoms with E-state index in [1.807, 2.05) is 12.3 Å². The summed E-state index contributed by atoms with van der Waals surface area (Å²) in [5.74, 6) is -1.87. The van der Waals surface area contributed by atoms with Crippen molar-refractivity contribution in [2.75, 3.05) is 19.7 Å². The third-order valence-electron chi connectivity index (χ3n) is 4.77. The van der Waals surface area contributed by atoms with Crippen molar-refractivity contribution in [1.82, 2.24) is 9.88 Å². The van der Waals surface area contributed by atoms with Crippen LogP contribution in [0.2, 0.25) is 0 Å². The van der Waals surface area contributed by atoms with Gasteiger partial charge in [0.1, 0.15) is 0 Å². The molecule has 1 aliphatic rings. The highest BCUT2D eigenvalue weighted by atomic mass is 32.2. The van der Waals surface area contributed by atoms with E-state index in [2.05, 4.69) is 4.98 Å². The van der Waals surface area contributed by atoms with Gasteiger partial charge in [0.2, 0.25) is 5.91 Å². The minimum atomic E-state index is -0.833. The van der Waals surface area contributed by atoms with Crippen molar-refractivity contribution in [3.8, 4) is 0 Å². The molecule has 0 bridgehead atoms. The molecule has 2 heterocycles. The van der Waals surface area contributed by atoms with Crippen LogP contribution in [0.5, 0.6) is 0 Å². The Hall–Kier alpha value is -2.99. The fourth-order valence-corrected chi connectivity index (χ4v) is 4.96. The summed E-state index contributed by atoms with van der Waals surface area (Å²) in [6, 6.07) is 3.90. The second-order valence-corrected chi connectivity index (χ2v) is 9.08. The van der Waals surface area contributed by atoms with Crippen LogP contribution in [-0.4, -0.2) is 52.3 Å². The van der Waals surface area contributed by atoms with Gasteiger partial charge < -0.3 is 15.4 Å². The van der Waals surface area contributed by atoms with E-state index in [1.165, 1.54) is 40.1 Å². The number of carbonyl (C=O) groups is 3. The molecule has 2 aromatic rings. The molecule has 3 rings (SSSR count). The summed E-state index contributed by atoms with van der Waals surface area (Å²) in [6.07, 6.45) is 0.932. The van der Waals surface area contributed by atoms with Crippen LogP contribution in [0.4, 0.5) is 5.69 Å². The fraction of sp³-hybridized carbons (Fsp3) is 0.368. The van der Waals surface area contributed by atoms with Gasteiger partial charge in [0, 0.05) is 47.1 Å². The number of esters is 1. The number of thiazole rings is 1. The largest absolute Gasteiger partial charge is 0.452 e. The topological polar surface area (TPSA) is 146 Å². The lowest BCUT2D eigenvalue weighted by molar-refractivity contribution is -0.384. The molecule has 0 spiro atoms. The van der Waals surface area contributed by atoms with Crippen molar-refractivity contribution in [1.29, 1.82) is 0 Å². The Kier molecular flexibility index (Phi) is 7.23. The van der Waals surface area contributed by atoms with E-state index in [0.29, 0.717) is 35.2 Å². The number of nitrogens with two attached hydrogens (primary N) is 1. The quantitative estimate of drug-likeness (QED) is 0.373. The maximum Gasteiger partial charge on any atom is 0.340 e. The zero-order chi connectivity index (χ0) is 22.5. The molecule has 1 fully saturated rings. The number of aryl methyl sites for hydroxylation is 1. The van der Waals surface area contributed by atoms with E-state index >= 15 is 0 Å². The Balaban J connectivity index is 1.68. The zero-order valence-electron chi connectivity index (χ0n) is 16.6. The van der Waals surface area contributed by atoms with E-state index in [1.54, 1.807) is 0 Å². The third-order valence-corrected chi connectivity index (χ3v) is 6.90. The molecule has 0 radical (unpaired) electrons. The van der Waals surface area contributed by atoms with Gasteiger partial charge in [0.25, 0.3) is 11.6 Å². The first-order chi connectivity index (χ1) is 14.7. The molecule has 0 atom stereocenters. The lowest BCUT2D eigenvalue weighted by atomic mass is 9.96. The molecule has 31 heavy (non-hydrogen) atoms. The maximum atomic E-state index is 12.7. The van der Waals surface area contributed by atoms with Crippen LogP contribution in [0, 0.1) is 23.0 Å². The highest BCUT2D eigenvalue weighted by Gasteiger charge is 2.27. The molecular formula is C19H20N4O6S2. The van der Waals surface area contributed by atoms with Gasteiger partial charge in [-0.05, 0) is 25.8 Å². The SMILES string of the molecule is Cc1csc(Sc2ccc([N+](=O)[O-])cc2C(=O)OCC(=O)N2CCC(C(N)=O)CC2)n1. The third kappa shape index (κ3) is 5.79. The van der Waals surface area contributed by atoms with E-state index in [9.17, 15) is 24.5 Å². The number of ether oxygens (including phenoxy) is 1. The van der Waals surface area contributed by atoms with Crippen LogP contribution in [0.3, 0.4) is 0 Å². The molecule has 0 saturated carbocycles. The molecule has 1 aromatic carbocycles. The lowest BCUT2D eigenvalue weighted by Gasteiger charge is -2.30. The number of nitrogens with zero attached hydrogens (tertiary/aromatic N) is 3.